The van der Waals surface area contributed by atoms with Gasteiger partial charge in [0.15, 0.2) is 0 Å². The molecular formula is C20H25NO3. The van der Waals surface area contributed by atoms with Crippen molar-refractivity contribution in [2.24, 2.45) is 0 Å². The molecule has 128 valence electrons. The quantitative estimate of drug-likeness (QED) is 0.846. The number of benzene rings is 2. The van der Waals surface area contributed by atoms with E-state index >= 15 is 0 Å². The molecule has 2 aromatic carbocycles. The fourth-order valence-corrected chi connectivity index (χ4v) is 3.33. The molecule has 1 unspecified atom stereocenters. The Morgan fingerprint density at radius 1 is 1.12 bits per heavy atom. The Morgan fingerprint density at radius 2 is 1.96 bits per heavy atom. The largest absolute Gasteiger partial charge is 0.497 e. The first kappa shape index (κ1) is 16.8. The van der Waals surface area contributed by atoms with Gasteiger partial charge in [-0.05, 0) is 54.8 Å². The summed E-state index contributed by atoms with van der Waals surface area (Å²) in [6.45, 7) is 2.42. The van der Waals surface area contributed by atoms with Crippen LogP contribution in [-0.2, 0) is 6.54 Å². The standard InChI is InChI=1S/C20H25NO3/c1-23-19-5-2-4-17(14-19)20-6-3-11-21(20)15-16-7-9-18(10-8-16)24-13-12-22/h2,4-5,7-10,14,20,22H,3,6,11-13,15H2,1H3. The highest BCUT2D eigenvalue weighted by Crippen LogP contribution is 2.34. The summed E-state index contributed by atoms with van der Waals surface area (Å²) in [5.41, 5.74) is 2.61. The van der Waals surface area contributed by atoms with Crippen LogP contribution in [0.4, 0.5) is 0 Å². The average Bonchev–Trinajstić information content (AvgIpc) is 3.09. The number of ether oxygens (including phenoxy) is 2. The number of hydrogen-bond donors (Lipinski definition) is 1. The zero-order valence-corrected chi connectivity index (χ0v) is 14.1. The van der Waals surface area contributed by atoms with Crippen LogP contribution in [0.1, 0.15) is 30.0 Å². The molecule has 1 atom stereocenters. The van der Waals surface area contributed by atoms with E-state index in [1.807, 2.05) is 18.2 Å². The van der Waals surface area contributed by atoms with Crippen LogP contribution in [0.15, 0.2) is 48.5 Å². The molecule has 24 heavy (non-hydrogen) atoms. The third-order valence-electron chi connectivity index (χ3n) is 4.51. The minimum atomic E-state index is 0.0394. The summed E-state index contributed by atoms with van der Waals surface area (Å²) in [5.74, 6) is 1.73. The summed E-state index contributed by atoms with van der Waals surface area (Å²) in [5, 5.41) is 8.81. The van der Waals surface area contributed by atoms with E-state index in [2.05, 4.69) is 35.2 Å². The number of nitrogens with zero attached hydrogens (tertiary/aromatic N) is 1. The highest BCUT2D eigenvalue weighted by atomic mass is 16.5. The van der Waals surface area contributed by atoms with Crippen LogP contribution in [0.3, 0.4) is 0 Å². The van der Waals surface area contributed by atoms with Gasteiger partial charge in [-0.25, -0.2) is 0 Å². The maximum atomic E-state index is 8.81. The molecule has 2 aromatic rings. The fourth-order valence-electron chi connectivity index (χ4n) is 3.33. The predicted octanol–water partition coefficient (Wildman–Crippen LogP) is 3.40. The van der Waals surface area contributed by atoms with Crippen molar-refractivity contribution in [2.75, 3.05) is 26.9 Å². The molecule has 1 heterocycles. The molecule has 0 aromatic heterocycles. The first-order valence-electron chi connectivity index (χ1n) is 8.51. The Morgan fingerprint density at radius 3 is 2.71 bits per heavy atom. The number of rotatable bonds is 7. The van der Waals surface area contributed by atoms with E-state index in [0.29, 0.717) is 12.6 Å². The minimum absolute atomic E-state index is 0.0394. The molecule has 4 heteroatoms. The summed E-state index contributed by atoms with van der Waals surface area (Å²) in [6, 6.07) is 17.0. The molecule has 0 radical (unpaired) electrons. The van der Waals surface area contributed by atoms with Gasteiger partial charge in [0.2, 0.25) is 0 Å². The van der Waals surface area contributed by atoms with Gasteiger partial charge in [-0.1, -0.05) is 24.3 Å². The SMILES string of the molecule is COc1cccc(C2CCCN2Cc2ccc(OCCO)cc2)c1. The Balaban J connectivity index is 1.67. The maximum absolute atomic E-state index is 8.81. The summed E-state index contributed by atoms with van der Waals surface area (Å²) < 4.78 is 10.8. The zero-order valence-electron chi connectivity index (χ0n) is 14.1. The van der Waals surface area contributed by atoms with Gasteiger partial charge < -0.3 is 14.6 Å². The van der Waals surface area contributed by atoms with E-state index < -0.39 is 0 Å². The van der Waals surface area contributed by atoms with Crippen molar-refractivity contribution >= 4 is 0 Å². The van der Waals surface area contributed by atoms with Crippen LogP contribution in [0.2, 0.25) is 0 Å². The van der Waals surface area contributed by atoms with E-state index in [0.717, 1.165) is 24.6 Å². The van der Waals surface area contributed by atoms with Gasteiger partial charge in [0, 0.05) is 12.6 Å². The van der Waals surface area contributed by atoms with E-state index in [-0.39, 0.29) is 6.61 Å². The Labute approximate surface area is 143 Å². The first-order chi connectivity index (χ1) is 11.8. The molecule has 0 saturated carbocycles. The highest BCUT2D eigenvalue weighted by Gasteiger charge is 2.26. The predicted molar refractivity (Wildman–Crippen MR) is 94.4 cm³/mol. The number of methoxy groups -OCH3 is 1. The molecule has 1 saturated heterocycles. The summed E-state index contributed by atoms with van der Waals surface area (Å²) in [6.07, 6.45) is 2.41. The lowest BCUT2D eigenvalue weighted by atomic mass is 10.0. The number of hydrogen-bond acceptors (Lipinski definition) is 4. The normalized spacial score (nSPS) is 17.8. The first-order valence-corrected chi connectivity index (χ1v) is 8.51. The van der Waals surface area contributed by atoms with E-state index in [1.54, 1.807) is 7.11 Å². The molecule has 0 bridgehead atoms. The third-order valence-corrected chi connectivity index (χ3v) is 4.51. The van der Waals surface area contributed by atoms with Crippen molar-refractivity contribution in [1.82, 2.24) is 4.90 Å². The minimum Gasteiger partial charge on any atom is -0.497 e. The molecule has 1 N–H and O–H groups in total. The van der Waals surface area contributed by atoms with Crippen LogP contribution in [-0.4, -0.2) is 36.9 Å². The molecule has 1 fully saturated rings. The van der Waals surface area contributed by atoms with Gasteiger partial charge in [0.1, 0.15) is 18.1 Å². The van der Waals surface area contributed by atoms with Crippen LogP contribution < -0.4 is 9.47 Å². The second-order valence-corrected chi connectivity index (χ2v) is 6.12. The summed E-state index contributed by atoms with van der Waals surface area (Å²) >= 11 is 0. The molecular weight excluding hydrogens is 302 g/mol. The molecule has 0 amide bonds. The Bertz CT molecular complexity index is 642. The van der Waals surface area contributed by atoms with Gasteiger partial charge in [-0.15, -0.1) is 0 Å². The van der Waals surface area contributed by atoms with E-state index in [1.165, 1.54) is 24.0 Å². The number of aliphatic hydroxyl groups is 1. The van der Waals surface area contributed by atoms with Crippen molar-refractivity contribution in [3.05, 3.63) is 59.7 Å². The fraction of sp³-hybridized carbons (Fsp3) is 0.400. The van der Waals surface area contributed by atoms with E-state index in [4.69, 9.17) is 14.6 Å². The zero-order chi connectivity index (χ0) is 16.8. The van der Waals surface area contributed by atoms with E-state index in [9.17, 15) is 0 Å². The summed E-state index contributed by atoms with van der Waals surface area (Å²) in [7, 11) is 1.71. The molecule has 0 spiro atoms. The average molecular weight is 327 g/mol. The monoisotopic (exact) mass is 327 g/mol. The lowest BCUT2D eigenvalue weighted by Crippen LogP contribution is -2.22. The van der Waals surface area contributed by atoms with Crippen LogP contribution in [0.25, 0.3) is 0 Å². The van der Waals surface area contributed by atoms with Crippen molar-refractivity contribution in [3.63, 3.8) is 0 Å². The van der Waals surface area contributed by atoms with Crippen LogP contribution in [0, 0.1) is 0 Å². The third kappa shape index (κ3) is 4.08. The topological polar surface area (TPSA) is 41.9 Å². The van der Waals surface area contributed by atoms with Crippen LogP contribution in [0.5, 0.6) is 11.5 Å². The number of likely N-dealkylation sites (tertiary alicyclic amines) is 1. The van der Waals surface area contributed by atoms with Gasteiger partial charge >= 0.3 is 0 Å². The summed E-state index contributed by atoms with van der Waals surface area (Å²) in [4.78, 5) is 2.53. The highest BCUT2D eigenvalue weighted by molar-refractivity contribution is 5.32. The van der Waals surface area contributed by atoms with Gasteiger partial charge in [0.25, 0.3) is 0 Å². The van der Waals surface area contributed by atoms with Crippen molar-refractivity contribution < 1.29 is 14.6 Å². The molecule has 1 aliphatic heterocycles. The lowest BCUT2D eigenvalue weighted by Gasteiger charge is -2.25. The Hall–Kier alpha value is -2.04. The van der Waals surface area contributed by atoms with Crippen molar-refractivity contribution in [2.45, 2.75) is 25.4 Å². The molecule has 0 aliphatic carbocycles. The van der Waals surface area contributed by atoms with Gasteiger partial charge in [-0.3, -0.25) is 4.90 Å². The van der Waals surface area contributed by atoms with Gasteiger partial charge in [0.05, 0.1) is 13.7 Å². The molecule has 4 nitrogen and oxygen atoms in total. The molecule has 3 rings (SSSR count). The Kier molecular flexibility index (Phi) is 5.72. The van der Waals surface area contributed by atoms with Crippen molar-refractivity contribution in [1.29, 1.82) is 0 Å². The number of aliphatic hydroxyl groups excluding tert-OH is 1. The van der Waals surface area contributed by atoms with Gasteiger partial charge in [-0.2, -0.15) is 0 Å². The molecule has 1 aliphatic rings. The second-order valence-electron chi connectivity index (χ2n) is 6.12. The maximum Gasteiger partial charge on any atom is 0.119 e. The smallest absolute Gasteiger partial charge is 0.119 e. The second kappa shape index (κ2) is 8.18. The van der Waals surface area contributed by atoms with Crippen molar-refractivity contribution in [3.8, 4) is 11.5 Å². The van der Waals surface area contributed by atoms with Crippen LogP contribution >= 0.6 is 0 Å². The lowest BCUT2D eigenvalue weighted by molar-refractivity contribution is 0.201.